The fourth-order valence-corrected chi connectivity index (χ4v) is 4.18. The highest BCUT2D eigenvalue weighted by Gasteiger charge is 2.44. The number of nitrogens with one attached hydrogen (secondary N) is 1. The van der Waals surface area contributed by atoms with Crippen LogP contribution in [0.1, 0.15) is 60.8 Å². The van der Waals surface area contributed by atoms with Gasteiger partial charge < -0.3 is 19.9 Å². The molecule has 1 saturated carbocycles. The summed E-state index contributed by atoms with van der Waals surface area (Å²) in [7, 11) is 0. The SMILES string of the molecule is CC(C)OC1(OC(C)C)CC[C@H](NC(=O)O)[C@@H](CSC(C)C)C1. The molecular formula is C17H33NO4S. The van der Waals surface area contributed by atoms with E-state index in [0.717, 1.165) is 25.0 Å². The second kappa shape index (κ2) is 9.14. The van der Waals surface area contributed by atoms with E-state index in [-0.39, 0.29) is 24.2 Å². The predicted octanol–water partition coefficient (Wildman–Crippen LogP) is 4.11. The highest BCUT2D eigenvalue weighted by atomic mass is 32.2. The molecule has 23 heavy (non-hydrogen) atoms. The molecule has 1 fully saturated rings. The summed E-state index contributed by atoms with van der Waals surface area (Å²) in [6.07, 6.45) is 1.41. The first kappa shape index (κ1) is 20.6. The van der Waals surface area contributed by atoms with Gasteiger partial charge in [-0.3, -0.25) is 0 Å². The zero-order valence-electron chi connectivity index (χ0n) is 15.3. The van der Waals surface area contributed by atoms with Crippen LogP contribution >= 0.6 is 11.8 Å². The van der Waals surface area contributed by atoms with Gasteiger partial charge in [-0.2, -0.15) is 11.8 Å². The van der Waals surface area contributed by atoms with Crippen molar-refractivity contribution in [3.63, 3.8) is 0 Å². The van der Waals surface area contributed by atoms with Crippen LogP contribution in [-0.2, 0) is 9.47 Å². The topological polar surface area (TPSA) is 67.8 Å². The lowest BCUT2D eigenvalue weighted by atomic mass is 9.81. The molecule has 1 aliphatic rings. The average Bonchev–Trinajstić information content (AvgIpc) is 2.37. The van der Waals surface area contributed by atoms with Crippen LogP contribution in [0.2, 0.25) is 0 Å². The van der Waals surface area contributed by atoms with Crippen molar-refractivity contribution in [2.45, 2.75) is 90.1 Å². The highest BCUT2D eigenvalue weighted by molar-refractivity contribution is 7.99. The normalized spacial score (nSPS) is 24.4. The smallest absolute Gasteiger partial charge is 0.404 e. The van der Waals surface area contributed by atoms with E-state index >= 15 is 0 Å². The molecule has 0 bridgehead atoms. The quantitative estimate of drug-likeness (QED) is 0.647. The Morgan fingerprint density at radius 2 is 1.78 bits per heavy atom. The summed E-state index contributed by atoms with van der Waals surface area (Å²) in [4.78, 5) is 11.1. The van der Waals surface area contributed by atoms with Gasteiger partial charge in [0.1, 0.15) is 0 Å². The molecule has 5 nitrogen and oxygen atoms in total. The Kier molecular flexibility index (Phi) is 8.18. The van der Waals surface area contributed by atoms with Gasteiger partial charge in [-0.15, -0.1) is 0 Å². The van der Waals surface area contributed by atoms with Crippen LogP contribution in [0.15, 0.2) is 0 Å². The average molecular weight is 348 g/mol. The van der Waals surface area contributed by atoms with Crippen LogP contribution in [0.4, 0.5) is 4.79 Å². The molecule has 0 unspecified atom stereocenters. The highest BCUT2D eigenvalue weighted by Crippen LogP contribution is 2.40. The van der Waals surface area contributed by atoms with Gasteiger partial charge >= 0.3 is 6.09 Å². The molecule has 6 heteroatoms. The first-order valence-corrected chi connectivity index (χ1v) is 9.65. The summed E-state index contributed by atoms with van der Waals surface area (Å²) in [5.74, 6) is 0.527. The van der Waals surface area contributed by atoms with Gasteiger partial charge in [-0.05, 0) is 51.0 Å². The molecule has 0 aliphatic heterocycles. The molecule has 1 amide bonds. The maximum absolute atomic E-state index is 11.1. The van der Waals surface area contributed by atoms with Gasteiger partial charge in [-0.25, -0.2) is 4.79 Å². The van der Waals surface area contributed by atoms with Crippen LogP contribution < -0.4 is 5.32 Å². The van der Waals surface area contributed by atoms with E-state index in [0.29, 0.717) is 5.25 Å². The molecule has 2 atom stereocenters. The largest absolute Gasteiger partial charge is 0.465 e. The van der Waals surface area contributed by atoms with Gasteiger partial charge in [0.25, 0.3) is 0 Å². The maximum atomic E-state index is 11.1. The molecule has 0 aromatic heterocycles. The molecule has 1 rings (SSSR count). The molecule has 136 valence electrons. The summed E-state index contributed by atoms with van der Waals surface area (Å²) in [6.45, 7) is 12.4. The molecule has 1 aliphatic carbocycles. The van der Waals surface area contributed by atoms with Gasteiger partial charge in [0.05, 0.1) is 12.2 Å². The third kappa shape index (κ3) is 7.31. The standard InChI is InChI=1S/C17H33NO4S/c1-11(2)21-17(22-12(3)4)8-7-15(18-16(19)20)14(9-17)10-23-13(5)6/h11-15,18H,7-10H2,1-6H3,(H,19,20)/t14-,15+/m1/s1. The molecule has 0 spiro atoms. The first-order valence-electron chi connectivity index (χ1n) is 8.60. The Morgan fingerprint density at radius 1 is 1.22 bits per heavy atom. The van der Waals surface area contributed by atoms with Crippen LogP contribution in [0.5, 0.6) is 0 Å². The number of hydrogen-bond acceptors (Lipinski definition) is 4. The number of amides is 1. The predicted molar refractivity (Wildman–Crippen MR) is 95.1 cm³/mol. The second-order valence-corrected chi connectivity index (χ2v) is 8.79. The Morgan fingerprint density at radius 3 is 2.22 bits per heavy atom. The number of carbonyl (C=O) groups is 1. The summed E-state index contributed by atoms with van der Waals surface area (Å²) in [5.41, 5.74) is 0. The molecular weight excluding hydrogens is 314 g/mol. The van der Waals surface area contributed by atoms with Crippen LogP contribution in [0.3, 0.4) is 0 Å². The van der Waals surface area contributed by atoms with E-state index in [4.69, 9.17) is 14.6 Å². The number of thioether (sulfide) groups is 1. The molecule has 0 heterocycles. The van der Waals surface area contributed by atoms with E-state index in [9.17, 15) is 4.79 Å². The third-order valence-corrected chi connectivity index (χ3v) is 5.12. The van der Waals surface area contributed by atoms with Crippen molar-refractivity contribution < 1.29 is 19.4 Å². The Hall–Kier alpha value is -0.460. The van der Waals surface area contributed by atoms with Crippen LogP contribution in [-0.4, -0.2) is 46.2 Å². The molecule has 0 aromatic rings. The van der Waals surface area contributed by atoms with Crippen LogP contribution in [0.25, 0.3) is 0 Å². The van der Waals surface area contributed by atoms with Crippen molar-refractivity contribution in [1.29, 1.82) is 0 Å². The zero-order valence-corrected chi connectivity index (χ0v) is 16.1. The monoisotopic (exact) mass is 347 g/mol. The Bertz CT molecular complexity index is 364. The van der Waals surface area contributed by atoms with E-state index in [1.165, 1.54) is 0 Å². The molecule has 0 aromatic carbocycles. The Balaban J connectivity index is 2.88. The minimum atomic E-state index is -0.948. The van der Waals surface area contributed by atoms with Crippen molar-refractivity contribution in [3.8, 4) is 0 Å². The Labute approximate surface area is 144 Å². The van der Waals surface area contributed by atoms with Crippen LogP contribution in [0, 0.1) is 5.92 Å². The number of rotatable bonds is 8. The van der Waals surface area contributed by atoms with E-state index in [1.807, 2.05) is 39.5 Å². The maximum Gasteiger partial charge on any atom is 0.404 e. The summed E-state index contributed by atoms with van der Waals surface area (Å²) < 4.78 is 12.3. The van der Waals surface area contributed by atoms with Crippen molar-refractivity contribution >= 4 is 17.9 Å². The van der Waals surface area contributed by atoms with Gasteiger partial charge in [-0.1, -0.05) is 13.8 Å². The first-order chi connectivity index (χ1) is 10.6. The lowest BCUT2D eigenvalue weighted by molar-refractivity contribution is -0.288. The summed E-state index contributed by atoms with van der Waals surface area (Å²) in [5, 5.41) is 12.3. The lowest BCUT2D eigenvalue weighted by Gasteiger charge is -2.45. The van der Waals surface area contributed by atoms with E-state index < -0.39 is 11.9 Å². The number of hydrogen-bond donors (Lipinski definition) is 2. The molecule has 0 saturated heterocycles. The van der Waals surface area contributed by atoms with E-state index in [2.05, 4.69) is 19.2 Å². The lowest BCUT2D eigenvalue weighted by Crippen LogP contribution is -2.53. The minimum Gasteiger partial charge on any atom is -0.465 e. The molecule has 2 N–H and O–H groups in total. The van der Waals surface area contributed by atoms with Gasteiger partial charge in [0.15, 0.2) is 5.79 Å². The van der Waals surface area contributed by atoms with Gasteiger partial charge in [0, 0.05) is 18.9 Å². The minimum absolute atomic E-state index is 0.0293. The summed E-state index contributed by atoms with van der Waals surface area (Å²) >= 11 is 1.86. The van der Waals surface area contributed by atoms with Crippen molar-refractivity contribution in [2.75, 3.05) is 5.75 Å². The third-order valence-electron chi connectivity index (χ3n) is 3.83. The fourth-order valence-electron chi connectivity index (χ4n) is 3.20. The molecule has 0 radical (unpaired) electrons. The van der Waals surface area contributed by atoms with Crippen molar-refractivity contribution in [3.05, 3.63) is 0 Å². The summed E-state index contributed by atoms with van der Waals surface area (Å²) in [6, 6.07) is -0.0293. The van der Waals surface area contributed by atoms with E-state index in [1.54, 1.807) is 0 Å². The van der Waals surface area contributed by atoms with Gasteiger partial charge in [0.2, 0.25) is 0 Å². The zero-order chi connectivity index (χ0) is 17.6. The fraction of sp³-hybridized carbons (Fsp3) is 0.941. The van der Waals surface area contributed by atoms with Crippen molar-refractivity contribution in [2.24, 2.45) is 5.92 Å². The second-order valence-electron chi connectivity index (χ2n) is 7.18. The number of ether oxygens (including phenoxy) is 2. The number of carboxylic acid groups (broad SMARTS) is 1. The van der Waals surface area contributed by atoms with Crippen molar-refractivity contribution in [1.82, 2.24) is 5.32 Å².